The number of carbonyl (C=O) groups excluding carboxylic acids is 1. The van der Waals surface area contributed by atoms with Crippen LogP contribution in [0.25, 0.3) is 0 Å². The maximum Gasteiger partial charge on any atom is 0.326 e. The number of aromatic amines is 1. The second kappa shape index (κ2) is 4.48. The summed E-state index contributed by atoms with van der Waals surface area (Å²) >= 11 is 0. The van der Waals surface area contributed by atoms with Crippen molar-refractivity contribution in [3.05, 3.63) is 35.9 Å². The van der Waals surface area contributed by atoms with Gasteiger partial charge in [-0.05, 0) is 0 Å². The van der Waals surface area contributed by atoms with Crippen LogP contribution in [0.1, 0.15) is 21.9 Å². The summed E-state index contributed by atoms with van der Waals surface area (Å²) in [6, 6.07) is -0.916. The fourth-order valence-electron chi connectivity index (χ4n) is 2.34. The van der Waals surface area contributed by atoms with Gasteiger partial charge in [0.2, 0.25) is 0 Å². The quantitative estimate of drug-likeness (QED) is 0.789. The van der Waals surface area contributed by atoms with Gasteiger partial charge >= 0.3 is 5.97 Å². The van der Waals surface area contributed by atoms with Crippen LogP contribution in [0.15, 0.2) is 18.9 Å². The van der Waals surface area contributed by atoms with Crippen molar-refractivity contribution in [3.8, 4) is 0 Å². The summed E-state index contributed by atoms with van der Waals surface area (Å²) in [6.07, 6.45) is 4.79. The molecule has 8 nitrogen and oxygen atoms in total. The van der Waals surface area contributed by atoms with E-state index in [-0.39, 0.29) is 18.7 Å². The number of imidazole rings is 2. The fraction of sp³-hybridized carbons (Fsp3) is 0.333. The Hall–Kier alpha value is -2.64. The van der Waals surface area contributed by atoms with E-state index >= 15 is 0 Å². The number of nitrogens with one attached hydrogen (secondary N) is 1. The zero-order valence-corrected chi connectivity index (χ0v) is 10.8. The first-order valence-electron chi connectivity index (χ1n) is 6.09. The van der Waals surface area contributed by atoms with Crippen LogP contribution in [0.3, 0.4) is 0 Å². The predicted molar refractivity (Wildman–Crippen MR) is 66.8 cm³/mol. The summed E-state index contributed by atoms with van der Waals surface area (Å²) in [7, 11) is 1.75. The lowest BCUT2D eigenvalue weighted by molar-refractivity contribution is -0.142. The molecule has 1 atom stereocenters. The summed E-state index contributed by atoms with van der Waals surface area (Å²) < 4.78 is 1.65. The Labute approximate surface area is 114 Å². The van der Waals surface area contributed by atoms with Crippen LogP contribution in [0.4, 0.5) is 0 Å². The third kappa shape index (κ3) is 1.94. The van der Waals surface area contributed by atoms with Gasteiger partial charge in [-0.3, -0.25) is 4.79 Å². The van der Waals surface area contributed by atoms with E-state index in [2.05, 4.69) is 15.0 Å². The molecule has 0 radical (unpaired) electrons. The minimum absolute atomic E-state index is 0.196. The smallest absolute Gasteiger partial charge is 0.326 e. The second-order valence-corrected chi connectivity index (χ2v) is 4.74. The third-order valence-corrected chi connectivity index (χ3v) is 3.37. The molecule has 1 amide bonds. The van der Waals surface area contributed by atoms with Crippen molar-refractivity contribution in [3.63, 3.8) is 0 Å². The Morgan fingerprint density at radius 3 is 2.90 bits per heavy atom. The number of carboxylic acid groups (broad SMARTS) is 1. The lowest BCUT2D eigenvalue weighted by Gasteiger charge is -2.31. The van der Waals surface area contributed by atoms with Crippen LogP contribution in [0, 0.1) is 0 Å². The summed E-state index contributed by atoms with van der Waals surface area (Å²) in [5.74, 6) is -1.43. The number of aromatic nitrogens is 4. The fourth-order valence-corrected chi connectivity index (χ4v) is 2.34. The number of amides is 1. The van der Waals surface area contributed by atoms with Gasteiger partial charge in [0.25, 0.3) is 5.91 Å². The number of rotatable bonds is 2. The molecule has 3 heterocycles. The molecule has 104 valence electrons. The number of nitrogens with zero attached hydrogens (tertiary/aromatic N) is 4. The molecule has 0 bridgehead atoms. The summed E-state index contributed by atoms with van der Waals surface area (Å²) in [5, 5.41) is 9.32. The molecule has 1 aliphatic rings. The van der Waals surface area contributed by atoms with E-state index < -0.39 is 17.9 Å². The van der Waals surface area contributed by atoms with E-state index in [9.17, 15) is 14.7 Å². The van der Waals surface area contributed by atoms with Crippen LogP contribution in [0.5, 0.6) is 0 Å². The number of fused-ring (bicyclic) bond motifs is 1. The minimum Gasteiger partial charge on any atom is -0.480 e. The van der Waals surface area contributed by atoms with Crippen LogP contribution in [0.2, 0.25) is 0 Å². The maximum absolute atomic E-state index is 12.4. The van der Waals surface area contributed by atoms with Crippen LogP contribution < -0.4 is 0 Å². The van der Waals surface area contributed by atoms with E-state index in [1.165, 1.54) is 17.6 Å². The Morgan fingerprint density at radius 1 is 1.45 bits per heavy atom. The number of H-pyrrole nitrogens is 1. The Balaban J connectivity index is 1.94. The molecule has 0 aliphatic carbocycles. The van der Waals surface area contributed by atoms with Crippen molar-refractivity contribution in [2.24, 2.45) is 7.05 Å². The number of aliphatic carboxylic acids is 1. The molecule has 0 saturated carbocycles. The summed E-state index contributed by atoms with van der Waals surface area (Å²) in [6.45, 7) is 0.196. The molecule has 0 saturated heterocycles. The molecule has 0 spiro atoms. The number of hydrogen-bond donors (Lipinski definition) is 2. The zero-order chi connectivity index (χ0) is 14.3. The van der Waals surface area contributed by atoms with Gasteiger partial charge in [-0.25, -0.2) is 14.8 Å². The lowest BCUT2D eigenvalue weighted by atomic mass is 10.0. The summed E-state index contributed by atoms with van der Waals surface area (Å²) in [4.78, 5) is 36.1. The van der Waals surface area contributed by atoms with Gasteiger partial charge in [-0.15, -0.1) is 0 Å². The molecule has 2 aromatic heterocycles. The predicted octanol–water partition coefficient (Wildman–Crippen LogP) is -0.205. The summed E-state index contributed by atoms with van der Waals surface area (Å²) in [5.41, 5.74) is 1.70. The van der Waals surface area contributed by atoms with Gasteiger partial charge in [0, 0.05) is 19.7 Å². The molecular formula is C12H13N5O3. The largest absolute Gasteiger partial charge is 0.480 e. The van der Waals surface area contributed by atoms with Crippen molar-refractivity contribution in [1.82, 2.24) is 24.4 Å². The number of aryl methyl sites for hydroxylation is 1. The van der Waals surface area contributed by atoms with Crippen molar-refractivity contribution in [1.29, 1.82) is 0 Å². The van der Waals surface area contributed by atoms with Gasteiger partial charge in [-0.2, -0.15) is 0 Å². The molecule has 8 heteroatoms. The van der Waals surface area contributed by atoms with Crippen LogP contribution in [-0.2, 0) is 24.8 Å². The molecule has 1 aliphatic heterocycles. The average molecular weight is 275 g/mol. The number of carbonyl (C=O) groups is 2. The Bertz CT molecular complexity index is 674. The zero-order valence-electron chi connectivity index (χ0n) is 10.8. The number of hydrogen-bond acceptors (Lipinski definition) is 4. The molecule has 1 unspecified atom stereocenters. The van der Waals surface area contributed by atoms with E-state index in [1.54, 1.807) is 17.8 Å². The van der Waals surface area contributed by atoms with Gasteiger partial charge in [0.05, 0.1) is 30.6 Å². The average Bonchev–Trinajstić information content (AvgIpc) is 3.04. The van der Waals surface area contributed by atoms with Crippen LogP contribution in [-0.4, -0.2) is 47.4 Å². The molecule has 3 rings (SSSR count). The highest BCUT2D eigenvalue weighted by atomic mass is 16.4. The highest BCUT2D eigenvalue weighted by molar-refractivity contribution is 5.95. The molecule has 2 N–H and O–H groups in total. The minimum atomic E-state index is -1.04. The Morgan fingerprint density at radius 2 is 2.25 bits per heavy atom. The van der Waals surface area contributed by atoms with Gasteiger partial charge in [0.1, 0.15) is 11.7 Å². The van der Waals surface area contributed by atoms with E-state index in [4.69, 9.17) is 0 Å². The SMILES string of the molecule is Cn1cnc(C(=O)N2Cc3[nH]cnc3CC2C(=O)O)c1. The normalized spacial score (nSPS) is 17.9. The maximum atomic E-state index is 12.4. The highest BCUT2D eigenvalue weighted by Gasteiger charge is 2.36. The van der Waals surface area contributed by atoms with E-state index in [1.807, 2.05) is 0 Å². The molecular weight excluding hydrogens is 262 g/mol. The lowest BCUT2D eigenvalue weighted by Crippen LogP contribution is -2.48. The molecule has 0 fully saturated rings. The Kier molecular flexibility index (Phi) is 2.78. The van der Waals surface area contributed by atoms with E-state index in [0.717, 1.165) is 5.69 Å². The third-order valence-electron chi connectivity index (χ3n) is 3.37. The van der Waals surface area contributed by atoms with Crippen molar-refractivity contribution in [2.75, 3.05) is 0 Å². The van der Waals surface area contributed by atoms with E-state index in [0.29, 0.717) is 5.69 Å². The monoisotopic (exact) mass is 275 g/mol. The van der Waals surface area contributed by atoms with Crippen molar-refractivity contribution in [2.45, 2.75) is 19.0 Å². The first-order valence-corrected chi connectivity index (χ1v) is 6.09. The standard InChI is InChI=1S/C12H13N5O3/c1-16-3-9(15-6-16)11(18)17-4-8-7(13-5-14-8)2-10(17)12(19)20/h3,5-6,10H,2,4H2,1H3,(H,13,14)(H,19,20). The molecule has 0 aromatic carbocycles. The first-order chi connectivity index (χ1) is 9.56. The van der Waals surface area contributed by atoms with Crippen LogP contribution >= 0.6 is 0 Å². The molecule has 20 heavy (non-hydrogen) atoms. The first kappa shape index (κ1) is 12.4. The van der Waals surface area contributed by atoms with Crippen molar-refractivity contribution >= 4 is 11.9 Å². The molecule has 2 aromatic rings. The van der Waals surface area contributed by atoms with Gasteiger partial charge in [0.15, 0.2) is 0 Å². The number of carboxylic acids is 1. The topological polar surface area (TPSA) is 104 Å². The van der Waals surface area contributed by atoms with Crippen molar-refractivity contribution < 1.29 is 14.7 Å². The van der Waals surface area contributed by atoms with Gasteiger partial charge < -0.3 is 19.6 Å². The highest BCUT2D eigenvalue weighted by Crippen LogP contribution is 2.22. The van der Waals surface area contributed by atoms with Gasteiger partial charge in [-0.1, -0.05) is 0 Å². The second-order valence-electron chi connectivity index (χ2n) is 4.74.